The van der Waals surface area contributed by atoms with Gasteiger partial charge in [-0.05, 0) is 12.8 Å². The fraction of sp³-hybridized carbons (Fsp3) is 0.579. The van der Waals surface area contributed by atoms with Crippen LogP contribution in [0.4, 0.5) is 0 Å². The molecule has 0 aliphatic rings. The molecule has 5 atom stereocenters. The molecule has 1 rings (SSSR count). The minimum atomic E-state index is -1.57. The lowest BCUT2D eigenvalue weighted by Crippen LogP contribution is -2.58. The highest BCUT2D eigenvalue weighted by Gasteiger charge is 2.33. The van der Waals surface area contributed by atoms with Crippen molar-refractivity contribution in [3.63, 3.8) is 0 Å². The number of imidazole rings is 1. The molecule has 0 fully saturated rings. The molecular formula is C19H30N6O7. The molecule has 0 radical (unpaired) electrons. The molecule has 0 aliphatic heterocycles. The lowest BCUT2D eigenvalue weighted by molar-refractivity contribution is -0.144. The lowest BCUT2D eigenvalue weighted by Gasteiger charge is -2.25. The fourth-order valence-corrected chi connectivity index (χ4v) is 2.72. The van der Waals surface area contributed by atoms with Crippen molar-refractivity contribution in [3.8, 4) is 0 Å². The lowest BCUT2D eigenvalue weighted by atomic mass is 9.98. The monoisotopic (exact) mass is 454 g/mol. The van der Waals surface area contributed by atoms with Gasteiger partial charge in [-0.15, -0.1) is 0 Å². The third-order valence-corrected chi connectivity index (χ3v) is 4.81. The molecule has 0 bridgehead atoms. The van der Waals surface area contributed by atoms with E-state index in [9.17, 15) is 29.1 Å². The van der Waals surface area contributed by atoms with Gasteiger partial charge in [-0.1, -0.05) is 20.3 Å². The smallest absolute Gasteiger partial charge is 0.326 e. The first-order chi connectivity index (χ1) is 15.0. The van der Waals surface area contributed by atoms with Crippen LogP contribution < -0.4 is 21.7 Å². The SMILES string of the molecule is CCC(C)C(NC(=O)C(CC(=O)O)NC(=O)C(Cc1cnc[nH]1)NC(=O)C(C)N)C(=O)O. The summed E-state index contributed by atoms with van der Waals surface area (Å²) < 4.78 is 0. The Bertz CT molecular complexity index is 811. The van der Waals surface area contributed by atoms with Crippen LogP contribution in [0.15, 0.2) is 12.5 Å². The highest BCUT2D eigenvalue weighted by Crippen LogP contribution is 2.09. The number of hydrogen-bond donors (Lipinski definition) is 7. The van der Waals surface area contributed by atoms with Crippen molar-refractivity contribution in [3.05, 3.63) is 18.2 Å². The molecule has 0 spiro atoms. The number of amides is 3. The molecule has 178 valence electrons. The van der Waals surface area contributed by atoms with E-state index in [-0.39, 0.29) is 6.42 Å². The number of carbonyl (C=O) groups excluding carboxylic acids is 3. The summed E-state index contributed by atoms with van der Waals surface area (Å²) in [4.78, 5) is 66.9. The van der Waals surface area contributed by atoms with Gasteiger partial charge < -0.3 is 36.9 Å². The van der Waals surface area contributed by atoms with Crippen molar-refractivity contribution in [2.75, 3.05) is 0 Å². The average molecular weight is 454 g/mol. The standard InChI is InChI=1S/C19H30N6O7/c1-4-9(2)15(19(31)32)25-18(30)13(6-14(26)27)24-17(29)12(23-16(28)10(3)20)5-11-7-21-8-22-11/h7-10,12-13,15H,4-6,20H2,1-3H3,(H,21,22)(H,23,28)(H,24,29)(H,25,30)(H,26,27)(H,31,32). The number of nitrogens with zero attached hydrogens (tertiary/aromatic N) is 1. The maximum atomic E-state index is 12.8. The van der Waals surface area contributed by atoms with Gasteiger partial charge in [0.25, 0.3) is 0 Å². The molecule has 0 aromatic carbocycles. The van der Waals surface area contributed by atoms with E-state index in [4.69, 9.17) is 10.8 Å². The maximum Gasteiger partial charge on any atom is 0.326 e. The Morgan fingerprint density at radius 1 is 1.03 bits per heavy atom. The predicted octanol–water partition coefficient (Wildman–Crippen LogP) is -1.64. The van der Waals surface area contributed by atoms with Crippen molar-refractivity contribution in [1.82, 2.24) is 25.9 Å². The van der Waals surface area contributed by atoms with E-state index in [1.54, 1.807) is 13.8 Å². The second kappa shape index (κ2) is 12.4. The molecule has 1 heterocycles. The minimum absolute atomic E-state index is 0.0314. The summed E-state index contributed by atoms with van der Waals surface area (Å²) in [5, 5.41) is 25.5. The molecule has 0 saturated carbocycles. The van der Waals surface area contributed by atoms with E-state index in [0.29, 0.717) is 12.1 Å². The van der Waals surface area contributed by atoms with Gasteiger partial charge in [0.05, 0.1) is 18.8 Å². The molecule has 13 heteroatoms. The van der Waals surface area contributed by atoms with Gasteiger partial charge in [-0.2, -0.15) is 0 Å². The van der Waals surface area contributed by atoms with Crippen LogP contribution in [0, 0.1) is 5.92 Å². The van der Waals surface area contributed by atoms with E-state index >= 15 is 0 Å². The Morgan fingerprint density at radius 2 is 1.62 bits per heavy atom. The summed E-state index contributed by atoms with van der Waals surface area (Å²) in [5.74, 6) is -5.54. The van der Waals surface area contributed by atoms with Crippen molar-refractivity contribution >= 4 is 29.7 Å². The van der Waals surface area contributed by atoms with Crippen LogP contribution in [0.5, 0.6) is 0 Å². The van der Waals surface area contributed by atoms with E-state index in [1.807, 2.05) is 0 Å². The number of carboxylic acid groups (broad SMARTS) is 2. The number of aliphatic carboxylic acids is 2. The largest absolute Gasteiger partial charge is 0.481 e. The summed E-state index contributed by atoms with van der Waals surface area (Å²) in [6.45, 7) is 4.78. The van der Waals surface area contributed by atoms with Gasteiger partial charge in [-0.25, -0.2) is 9.78 Å². The number of aromatic amines is 1. The molecule has 1 aromatic heterocycles. The van der Waals surface area contributed by atoms with Crippen LogP contribution in [0.3, 0.4) is 0 Å². The van der Waals surface area contributed by atoms with E-state index < -0.39 is 66.2 Å². The van der Waals surface area contributed by atoms with Crippen LogP contribution in [0.25, 0.3) is 0 Å². The minimum Gasteiger partial charge on any atom is -0.481 e. The highest BCUT2D eigenvalue weighted by molar-refractivity contribution is 5.95. The van der Waals surface area contributed by atoms with Gasteiger partial charge in [0, 0.05) is 18.3 Å². The summed E-state index contributed by atoms with van der Waals surface area (Å²) in [6.07, 6.45) is 2.43. The quantitative estimate of drug-likeness (QED) is 0.181. The number of carbonyl (C=O) groups is 5. The second-order valence-corrected chi connectivity index (χ2v) is 7.50. The van der Waals surface area contributed by atoms with Gasteiger partial charge in [0.15, 0.2) is 0 Å². The Labute approximate surface area is 184 Å². The molecule has 5 unspecified atom stereocenters. The number of hydrogen-bond acceptors (Lipinski definition) is 7. The van der Waals surface area contributed by atoms with Crippen LogP contribution >= 0.6 is 0 Å². The molecule has 1 aromatic rings. The summed E-state index contributed by atoms with van der Waals surface area (Å²) in [7, 11) is 0. The Hall–Kier alpha value is -3.48. The Kier molecular flexibility index (Phi) is 10.3. The van der Waals surface area contributed by atoms with Crippen molar-refractivity contribution < 1.29 is 34.2 Å². The number of rotatable bonds is 13. The van der Waals surface area contributed by atoms with Crippen LogP contribution in [-0.4, -0.2) is 74.0 Å². The Morgan fingerprint density at radius 3 is 2.09 bits per heavy atom. The fourth-order valence-electron chi connectivity index (χ4n) is 2.72. The molecule has 0 aliphatic carbocycles. The zero-order valence-electron chi connectivity index (χ0n) is 18.1. The second-order valence-electron chi connectivity index (χ2n) is 7.50. The summed E-state index contributed by atoms with van der Waals surface area (Å²) in [6, 6.07) is -4.94. The Balaban J connectivity index is 3.04. The number of aromatic nitrogens is 2. The molecule has 3 amide bonds. The maximum absolute atomic E-state index is 12.8. The topological polar surface area (TPSA) is 217 Å². The van der Waals surface area contributed by atoms with Crippen LogP contribution in [0.2, 0.25) is 0 Å². The van der Waals surface area contributed by atoms with Gasteiger partial charge >= 0.3 is 11.9 Å². The normalized spacial score (nSPS) is 15.5. The highest BCUT2D eigenvalue weighted by atomic mass is 16.4. The third-order valence-electron chi connectivity index (χ3n) is 4.81. The van der Waals surface area contributed by atoms with Crippen LogP contribution in [-0.2, 0) is 30.4 Å². The number of carboxylic acids is 2. The molecule has 0 saturated heterocycles. The molecule has 32 heavy (non-hydrogen) atoms. The van der Waals surface area contributed by atoms with Gasteiger partial charge in [-0.3, -0.25) is 19.2 Å². The third kappa shape index (κ3) is 8.34. The zero-order chi connectivity index (χ0) is 24.4. The number of H-pyrrole nitrogens is 1. The first-order valence-electron chi connectivity index (χ1n) is 10.0. The van der Waals surface area contributed by atoms with Crippen molar-refractivity contribution in [2.24, 2.45) is 11.7 Å². The van der Waals surface area contributed by atoms with E-state index in [0.717, 1.165) is 0 Å². The first kappa shape index (κ1) is 26.6. The molecule has 13 nitrogen and oxygen atoms in total. The number of nitrogens with two attached hydrogens (primary N) is 1. The van der Waals surface area contributed by atoms with Gasteiger partial charge in [0.2, 0.25) is 17.7 Å². The van der Waals surface area contributed by atoms with Crippen molar-refractivity contribution in [2.45, 2.75) is 64.2 Å². The zero-order valence-corrected chi connectivity index (χ0v) is 18.1. The molecular weight excluding hydrogens is 424 g/mol. The first-order valence-corrected chi connectivity index (χ1v) is 10.0. The average Bonchev–Trinajstić information content (AvgIpc) is 3.22. The van der Waals surface area contributed by atoms with E-state index in [1.165, 1.54) is 19.4 Å². The van der Waals surface area contributed by atoms with Crippen molar-refractivity contribution in [1.29, 1.82) is 0 Å². The van der Waals surface area contributed by atoms with Crippen LogP contribution in [0.1, 0.15) is 39.3 Å². The predicted molar refractivity (Wildman–Crippen MR) is 111 cm³/mol. The van der Waals surface area contributed by atoms with E-state index in [2.05, 4.69) is 25.9 Å². The molecule has 8 N–H and O–H groups in total. The summed E-state index contributed by atoms with van der Waals surface area (Å²) in [5.41, 5.74) is 6.03. The number of nitrogens with one attached hydrogen (secondary N) is 4. The summed E-state index contributed by atoms with van der Waals surface area (Å²) >= 11 is 0. The van der Waals surface area contributed by atoms with Gasteiger partial charge in [0.1, 0.15) is 18.1 Å².